The van der Waals surface area contributed by atoms with E-state index in [0.717, 1.165) is 54.5 Å². The van der Waals surface area contributed by atoms with E-state index in [-0.39, 0.29) is 36.9 Å². The molecular formula is C37H33F3N6O2. The number of fused-ring (bicyclic) bond motifs is 1. The number of rotatable bonds is 9. The minimum absolute atomic E-state index is 0.0136. The lowest BCUT2D eigenvalue weighted by Gasteiger charge is -2.30. The maximum Gasteiger partial charge on any atom is 0.280 e. The molecule has 3 heterocycles. The second kappa shape index (κ2) is 14.6. The van der Waals surface area contributed by atoms with Crippen LogP contribution in [0.1, 0.15) is 58.7 Å². The summed E-state index contributed by atoms with van der Waals surface area (Å²) in [6, 6.07) is 14.4. The van der Waals surface area contributed by atoms with Gasteiger partial charge in [0.2, 0.25) is 0 Å². The van der Waals surface area contributed by atoms with Crippen molar-refractivity contribution >= 4 is 22.4 Å². The van der Waals surface area contributed by atoms with Gasteiger partial charge in [0, 0.05) is 54.8 Å². The Kier molecular flexibility index (Phi) is 9.92. The number of hydrogen-bond acceptors (Lipinski definition) is 7. The number of Topliss-reactive ketones (excluding diaryl/α,β-unsaturated/α-hetero) is 1. The van der Waals surface area contributed by atoms with Gasteiger partial charge in [-0.3, -0.25) is 9.59 Å². The fourth-order valence-corrected chi connectivity index (χ4v) is 5.63. The van der Waals surface area contributed by atoms with Crippen LogP contribution in [0.5, 0.6) is 0 Å². The topological polar surface area (TPSA) is 93.0 Å². The summed E-state index contributed by atoms with van der Waals surface area (Å²) in [6.45, 7) is 1.96. The van der Waals surface area contributed by atoms with Gasteiger partial charge in [-0.1, -0.05) is 24.0 Å². The van der Waals surface area contributed by atoms with Gasteiger partial charge in [-0.25, -0.2) is 28.1 Å². The van der Waals surface area contributed by atoms with E-state index in [0.29, 0.717) is 29.1 Å². The van der Waals surface area contributed by atoms with Crippen molar-refractivity contribution in [2.45, 2.75) is 44.7 Å². The van der Waals surface area contributed by atoms with Crippen molar-refractivity contribution in [3.63, 3.8) is 0 Å². The summed E-state index contributed by atoms with van der Waals surface area (Å²) >= 11 is 0. The first-order chi connectivity index (χ1) is 23.2. The Bertz CT molecular complexity index is 2100. The Morgan fingerprint density at radius 2 is 1.75 bits per heavy atom. The molecule has 0 bridgehead atoms. The van der Waals surface area contributed by atoms with Gasteiger partial charge in [0.15, 0.2) is 23.1 Å². The molecule has 1 saturated heterocycles. The molecule has 0 unspecified atom stereocenters. The molecule has 244 valence electrons. The molecule has 0 atom stereocenters. The van der Waals surface area contributed by atoms with Crippen molar-refractivity contribution in [2.24, 2.45) is 0 Å². The molecule has 2 aromatic heterocycles. The largest absolute Gasteiger partial charge is 0.380 e. The van der Waals surface area contributed by atoms with E-state index in [4.69, 9.17) is 0 Å². The van der Waals surface area contributed by atoms with Crippen LogP contribution in [0, 0.1) is 29.3 Å². The maximum atomic E-state index is 14.9. The molecule has 11 heteroatoms. The molecule has 0 saturated carbocycles. The average molecular weight is 651 g/mol. The van der Waals surface area contributed by atoms with Gasteiger partial charge in [0.05, 0.1) is 17.7 Å². The summed E-state index contributed by atoms with van der Waals surface area (Å²) in [4.78, 5) is 40.9. The molecule has 1 N–H and O–H groups in total. The summed E-state index contributed by atoms with van der Waals surface area (Å²) in [5.41, 5.74) is 2.28. The molecule has 1 fully saturated rings. The Morgan fingerprint density at radius 1 is 0.958 bits per heavy atom. The van der Waals surface area contributed by atoms with Crippen molar-refractivity contribution in [1.82, 2.24) is 24.4 Å². The van der Waals surface area contributed by atoms with Crippen LogP contribution in [0.15, 0.2) is 78.0 Å². The highest BCUT2D eigenvalue weighted by atomic mass is 19.2. The van der Waals surface area contributed by atoms with Crippen LogP contribution < -0.4 is 10.9 Å². The molecule has 6 rings (SSSR count). The number of likely N-dealkylation sites (tertiary alicyclic amines) is 1. The highest BCUT2D eigenvalue weighted by molar-refractivity contribution is 5.94. The number of hydrogen-bond donors (Lipinski definition) is 1. The number of piperidine rings is 1. The number of anilines is 1. The first-order valence-corrected chi connectivity index (χ1v) is 15.7. The third-order valence-corrected chi connectivity index (χ3v) is 8.33. The number of carbonyl (C=O) groups excluding carboxylic acids is 1. The summed E-state index contributed by atoms with van der Waals surface area (Å²) < 4.78 is 42.9. The normalized spacial score (nSPS) is 13.7. The number of nitrogens with one attached hydrogen (secondary N) is 1. The van der Waals surface area contributed by atoms with E-state index in [1.54, 1.807) is 12.3 Å². The van der Waals surface area contributed by atoms with Crippen molar-refractivity contribution in [2.75, 3.05) is 25.5 Å². The number of carbonyl (C=O) groups is 1. The van der Waals surface area contributed by atoms with E-state index in [1.165, 1.54) is 29.1 Å². The fourth-order valence-electron chi connectivity index (χ4n) is 5.63. The predicted octanol–water partition coefficient (Wildman–Crippen LogP) is 5.76. The van der Waals surface area contributed by atoms with Crippen LogP contribution in [0.2, 0.25) is 0 Å². The van der Waals surface area contributed by atoms with Crippen LogP contribution in [-0.2, 0) is 13.0 Å². The zero-order valence-corrected chi connectivity index (χ0v) is 26.3. The Labute approximate surface area is 275 Å². The van der Waals surface area contributed by atoms with E-state index in [2.05, 4.69) is 44.1 Å². The SMILES string of the molecule is CN1CCC(Nc2ccc(Cc3ncc4cc(C#CCCC(=O)c5nccn(Cc6ccc(F)c(F)c6)c5=O)ccc4n3)cc2F)CC1. The van der Waals surface area contributed by atoms with E-state index >= 15 is 0 Å². The fraction of sp³-hybridized carbons (Fsp3) is 0.270. The second-order valence-electron chi connectivity index (χ2n) is 12.0. The van der Waals surface area contributed by atoms with Crippen molar-refractivity contribution in [3.05, 3.63) is 129 Å². The number of halogens is 3. The van der Waals surface area contributed by atoms with E-state index in [9.17, 15) is 22.8 Å². The van der Waals surface area contributed by atoms with Gasteiger partial charge >= 0.3 is 0 Å². The van der Waals surface area contributed by atoms with Crippen LogP contribution in [-0.4, -0.2) is 56.4 Å². The molecule has 1 aliphatic heterocycles. The first-order valence-electron chi connectivity index (χ1n) is 15.7. The molecule has 3 aromatic carbocycles. The smallest absolute Gasteiger partial charge is 0.280 e. The number of nitrogens with zero attached hydrogens (tertiary/aromatic N) is 5. The third-order valence-electron chi connectivity index (χ3n) is 8.33. The zero-order valence-electron chi connectivity index (χ0n) is 26.3. The van der Waals surface area contributed by atoms with Crippen molar-refractivity contribution in [3.8, 4) is 11.8 Å². The molecule has 5 aromatic rings. The standard InChI is InChI=1S/C37H33F3N6O2/c1-45-15-12-28(13-16-45)43-33-11-8-25(19-31(33)40)21-35-42-22-27-18-24(7-10-32(27)44-35)4-2-3-5-34(47)36-37(48)46(17-14-41-36)23-26-6-9-29(38)30(39)20-26/h6-11,14,17-20,22,28,43H,3,5,12-13,15-16,21,23H2,1H3. The molecular weight excluding hydrogens is 617 g/mol. The van der Waals surface area contributed by atoms with E-state index < -0.39 is 23.0 Å². The molecule has 48 heavy (non-hydrogen) atoms. The Hall–Kier alpha value is -5.34. The second-order valence-corrected chi connectivity index (χ2v) is 12.0. The van der Waals surface area contributed by atoms with Gasteiger partial charge in [0.1, 0.15) is 11.6 Å². The lowest BCUT2D eigenvalue weighted by molar-refractivity contribution is 0.0977. The minimum atomic E-state index is -1.01. The lowest BCUT2D eigenvalue weighted by Crippen LogP contribution is -2.36. The monoisotopic (exact) mass is 650 g/mol. The maximum absolute atomic E-state index is 14.9. The lowest BCUT2D eigenvalue weighted by atomic mass is 10.0. The quantitative estimate of drug-likeness (QED) is 0.160. The Balaban J connectivity index is 1.04. The summed E-state index contributed by atoms with van der Waals surface area (Å²) in [5, 5.41) is 4.13. The zero-order chi connectivity index (χ0) is 33.6. The number of benzene rings is 3. The first kappa shape index (κ1) is 32.6. The summed E-state index contributed by atoms with van der Waals surface area (Å²) in [7, 11) is 2.10. The molecule has 0 radical (unpaired) electrons. The van der Waals surface area contributed by atoms with Crippen LogP contribution >= 0.6 is 0 Å². The molecule has 0 spiro atoms. The summed E-state index contributed by atoms with van der Waals surface area (Å²) in [6.07, 6.45) is 6.98. The van der Waals surface area contributed by atoms with E-state index in [1.807, 2.05) is 24.3 Å². The molecule has 1 aliphatic rings. The van der Waals surface area contributed by atoms with Gasteiger partial charge in [-0.2, -0.15) is 0 Å². The van der Waals surface area contributed by atoms with Gasteiger partial charge < -0.3 is 14.8 Å². The minimum Gasteiger partial charge on any atom is -0.380 e. The van der Waals surface area contributed by atoms with Crippen LogP contribution in [0.3, 0.4) is 0 Å². The van der Waals surface area contributed by atoms with Gasteiger partial charge in [0.25, 0.3) is 5.56 Å². The Morgan fingerprint density at radius 3 is 2.54 bits per heavy atom. The van der Waals surface area contributed by atoms with Gasteiger partial charge in [-0.05, 0) is 86.6 Å². The molecule has 0 aliphatic carbocycles. The summed E-state index contributed by atoms with van der Waals surface area (Å²) in [5.74, 6) is 3.83. The average Bonchev–Trinajstić information content (AvgIpc) is 3.08. The number of ketones is 1. The van der Waals surface area contributed by atoms with Crippen LogP contribution in [0.4, 0.5) is 18.9 Å². The van der Waals surface area contributed by atoms with Crippen LogP contribution in [0.25, 0.3) is 10.9 Å². The van der Waals surface area contributed by atoms with Crippen molar-refractivity contribution < 1.29 is 18.0 Å². The third kappa shape index (κ3) is 7.96. The predicted molar refractivity (Wildman–Crippen MR) is 177 cm³/mol. The highest BCUT2D eigenvalue weighted by Gasteiger charge is 2.18. The molecule has 0 amide bonds. The molecule has 8 nitrogen and oxygen atoms in total. The van der Waals surface area contributed by atoms with Crippen molar-refractivity contribution in [1.29, 1.82) is 0 Å². The van der Waals surface area contributed by atoms with Gasteiger partial charge in [-0.15, -0.1) is 0 Å². The number of aromatic nitrogens is 4. The highest BCUT2D eigenvalue weighted by Crippen LogP contribution is 2.22.